The summed E-state index contributed by atoms with van der Waals surface area (Å²) < 4.78 is 3.01. The standard InChI is InChI=1S/C13H9N7O2S2/c1-8-4-2-3-5-9(8)19-13(15-16-17-19)24-10-11(20(21)22)18-6-7-23-12(18)14-10/h2-7H,1H3. The van der Waals surface area contributed by atoms with E-state index in [-0.39, 0.29) is 10.8 Å². The molecule has 4 aromatic rings. The minimum atomic E-state index is -0.447. The second-order valence-corrected chi connectivity index (χ2v) is 6.64. The van der Waals surface area contributed by atoms with E-state index in [2.05, 4.69) is 20.5 Å². The van der Waals surface area contributed by atoms with Gasteiger partial charge in [0.2, 0.25) is 10.2 Å². The van der Waals surface area contributed by atoms with Crippen molar-refractivity contribution in [3.8, 4) is 5.69 Å². The summed E-state index contributed by atoms with van der Waals surface area (Å²) in [4.78, 5) is 15.8. The number of aromatic nitrogens is 6. The maximum atomic E-state index is 11.4. The highest BCUT2D eigenvalue weighted by molar-refractivity contribution is 7.99. The van der Waals surface area contributed by atoms with Gasteiger partial charge in [0.1, 0.15) is 6.20 Å². The molecule has 0 radical (unpaired) electrons. The van der Waals surface area contributed by atoms with Crippen molar-refractivity contribution in [2.45, 2.75) is 17.1 Å². The molecule has 120 valence electrons. The number of hydrogen-bond acceptors (Lipinski definition) is 8. The zero-order valence-corrected chi connectivity index (χ0v) is 13.9. The summed E-state index contributed by atoms with van der Waals surface area (Å²) in [6.45, 7) is 1.94. The summed E-state index contributed by atoms with van der Waals surface area (Å²) in [6.07, 6.45) is 1.62. The quantitative estimate of drug-likeness (QED) is 0.407. The fourth-order valence-electron chi connectivity index (χ4n) is 2.27. The lowest BCUT2D eigenvalue weighted by Crippen LogP contribution is -2.01. The molecule has 11 heteroatoms. The lowest BCUT2D eigenvalue weighted by molar-refractivity contribution is -0.393. The Kier molecular flexibility index (Phi) is 3.50. The number of hydrogen-bond donors (Lipinski definition) is 0. The molecule has 0 aliphatic carbocycles. The molecule has 0 unspecified atom stereocenters. The van der Waals surface area contributed by atoms with E-state index in [1.54, 1.807) is 16.3 Å². The molecule has 0 N–H and O–H groups in total. The van der Waals surface area contributed by atoms with Crippen molar-refractivity contribution in [1.82, 2.24) is 29.6 Å². The molecular formula is C13H9N7O2S2. The predicted octanol–water partition coefficient (Wildman–Crippen LogP) is 2.74. The first kappa shape index (κ1) is 14.8. The Labute approximate surface area is 143 Å². The number of nitrogens with zero attached hydrogens (tertiary/aromatic N) is 7. The van der Waals surface area contributed by atoms with Crippen molar-refractivity contribution in [1.29, 1.82) is 0 Å². The highest BCUT2D eigenvalue weighted by Gasteiger charge is 2.26. The lowest BCUT2D eigenvalue weighted by atomic mass is 10.2. The van der Waals surface area contributed by atoms with Gasteiger partial charge in [-0.3, -0.25) is 0 Å². The number of benzene rings is 1. The van der Waals surface area contributed by atoms with Crippen LogP contribution in [0.4, 0.5) is 5.82 Å². The average Bonchev–Trinajstić information content (AvgIpc) is 3.23. The fraction of sp³-hybridized carbons (Fsp3) is 0.0769. The molecule has 0 aliphatic rings. The second kappa shape index (κ2) is 5.69. The number of nitro groups is 1. The molecule has 3 heterocycles. The Balaban J connectivity index is 1.79. The summed E-state index contributed by atoms with van der Waals surface area (Å²) >= 11 is 2.40. The van der Waals surface area contributed by atoms with Crippen LogP contribution in [-0.4, -0.2) is 34.5 Å². The molecule has 0 spiro atoms. The van der Waals surface area contributed by atoms with Crippen LogP contribution >= 0.6 is 23.1 Å². The zero-order valence-electron chi connectivity index (χ0n) is 12.2. The van der Waals surface area contributed by atoms with Crippen LogP contribution in [0.5, 0.6) is 0 Å². The van der Waals surface area contributed by atoms with Crippen LogP contribution in [0.3, 0.4) is 0 Å². The molecule has 0 fully saturated rings. The minimum Gasteiger partial charge on any atom is -0.358 e. The van der Waals surface area contributed by atoms with E-state index in [4.69, 9.17) is 0 Å². The second-order valence-electron chi connectivity index (χ2n) is 4.82. The van der Waals surface area contributed by atoms with E-state index in [0.29, 0.717) is 10.1 Å². The van der Waals surface area contributed by atoms with Crippen molar-refractivity contribution in [2.75, 3.05) is 0 Å². The van der Waals surface area contributed by atoms with Crippen LogP contribution in [0.15, 0.2) is 46.0 Å². The van der Waals surface area contributed by atoms with Crippen molar-refractivity contribution in [3.63, 3.8) is 0 Å². The van der Waals surface area contributed by atoms with Crippen LogP contribution in [-0.2, 0) is 0 Å². The predicted molar refractivity (Wildman–Crippen MR) is 87.7 cm³/mol. The van der Waals surface area contributed by atoms with Gasteiger partial charge in [0.05, 0.1) is 5.69 Å². The molecule has 4 rings (SSSR count). The third kappa shape index (κ3) is 2.34. The van der Waals surface area contributed by atoms with Gasteiger partial charge >= 0.3 is 5.82 Å². The number of aryl methyl sites for hydroxylation is 1. The molecule has 3 aromatic heterocycles. The van der Waals surface area contributed by atoms with E-state index in [1.165, 1.54) is 15.7 Å². The summed E-state index contributed by atoms with van der Waals surface area (Å²) in [5, 5.41) is 25.5. The van der Waals surface area contributed by atoms with E-state index in [1.807, 2.05) is 31.2 Å². The SMILES string of the molecule is Cc1ccccc1-n1nnnc1Sc1nc2sccn2c1[N+](=O)[O-]. The van der Waals surface area contributed by atoms with Gasteiger partial charge in [0.15, 0.2) is 0 Å². The monoisotopic (exact) mass is 359 g/mol. The number of imidazole rings is 1. The third-order valence-corrected chi connectivity index (χ3v) is 5.01. The van der Waals surface area contributed by atoms with Crippen molar-refractivity contribution < 1.29 is 4.92 Å². The van der Waals surface area contributed by atoms with Gasteiger partial charge < -0.3 is 10.1 Å². The van der Waals surface area contributed by atoms with Gasteiger partial charge in [0, 0.05) is 5.38 Å². The summed E-state index contributed by atoms with van der Waals surface area (Å²) in [7, 11) is 0. The number of tetrazole rings is 1. The topological polar surface area (TPSA) is 104 Å². The first-order chi connectivity index (χ1) is 11.6. The van der Waals surface area contributed by atoms with Crippen molar-refractivity contribution >= 4 is 33.9 Å². The Morgan fingerprint density at radius 3 is 2.96 bits per heavy atom. The smallest absolute Gasteiger partial charge is 0.358 e. The maximum Gasteiger partial charge on any atom is 0.363 e. The van der Waals surface area contributed by atoms with Crippen LogP contribution in [0, 0.1) is 17.0 Å². The van der Waals surface area contributed by atoms with E-state index in [0.717, 1.165) is 23.0 Å². The molecule has 0 saturated heterocycles. The van der Waals surface area contributed by atoms with Gasteiger partial charge in [-0.15, -0.1) is 5.10 Å². The number of fused-ring (bicyclic) bond motifs is 1. The van der Waals surface area contributed by atoms with Gasteiger partial charge in [-0.2, -0.15) is 14.1 Å². The van der Waals surface area contributed by atoms with Crippen LogP contribution in [0.2, 0.25) is 0 Å². The normalized spacial score (nSPS) is 11.2. The van der Waals surface area contributed by atoms with Crippen LogP contribution in [0.1, 0.15) is 5.56 Å². The Hall–Kier alpha value is -2.79. The van der Waals surface area contributed by atoms with Gasteiger partial charge in [0.25, 0.3) is 4.96 Å². The van der Waals surface area contributed by atoms with Crippen molar-refractivity contribution in [2.24, 2.45) is 0 Å². The Bertz CT molecular complexity index is 1050. The first-order valence-electron chi connectivity index (χ1n) is 6.77. The number of para-hydroxylation sites is 1. The van der Waals surface area contributed by atoms with Gasteiger partial charge in [-0.1, -0.05) is 29.5 Å². The van der Waals surface area contributed by atoms with Gasteiger partial charge in [-0.25, -0.2) is 0 Å². The lowest BCUT2D eigenvalue weighted by Gasteiger charge is -2.06. The third-order valence-electron chi connectivity index (χ3n) is 3.35. The first-order valence-corrected chi connectivity index (χ1v) is 8.47. The van der Waals surface area contributed by atoms with E-state index < -0.39 is 4.92 Å². The molecule has 0 atom stereocenters. The molecular weight excluding hydrogens is 350 g/mol. The van der Waals surface area contributed by atoms with E-state index in [9.17, 15) is 10.1 Å². The molecule has 0 amide bonds. The van der Waals surface area contributed by atoms with Crippen LogP contribution < -0.4 is 0 Å². The maximum absolute atomic E-state index is 11.4. The number of thiazole rings is 1. The average molecular weight is 359 g/mol. The molecule has 1 aromatic carbocycles. The Morgan fingerprint density at radius 1 is 1.33 bits per heavy atom. The van der Waals surface area contributed by atoms with Gasteiger partial charge in [-0.05, 0) is 45.7 Å². The molecule has 0 aliphatic heterocycles. The highest BCUT2D eigenvalue weighted by Crippen LogP contribution is 2.35. The number of rotatable bonds is 4. The summed E-state index contributed by atoms with van der Waals surface area (Å²) in [5.41, 5.74) is 1.81. The highest BCUT2D eigenvalue weighted by atomic mass is 32.2. The molecule has 9 nitrogen and oxygen atoms in total. The van der Waals surface area contributed by atoms with E-state index >= 15 is 0 Å². The summed E-state index contributed by atoms with van der Waals surface area (Å²) in [5.74, 6) is -0.0874. The Morgan fingerprint density at radius 2 is 2.17 bits per heavy atom. The minimum absolute atomic E-state index is 0.0874. The zero-order chi connectivity index (χ0) is 16.7. The molecule has 0 bridgehead atoms. The molecule has 24 heavy (non-hydrogen) atoms. The fourth-order valence-corrected chi connectivity index (χ4v) is 3.90. The molecule has 0 saturated carbocycles. The largest absolute Gasteiger partial charge is 0.363 e. The van der Waals surface area contributed by atoms with Crippen LogP contribution in [0.25, 0.3) is 10.6 Å². The summed E-state index contributed by atoms with van der Waals surface area (Å²) in [6, 6.07) is 7.63. The van der Waals surface area contributed by atoms with Crippen molar-refractivity contribution in [3.05, 3.63) is 51.5 Å².